The van der Waals surface area contributed by atoms with Crippen molar-refractivity contribution in [3.63, 3.8) is 0 Å². The first-order valence-corrected chi connectivity index (χ1v) is 13.6. The maximum Gasteiger partial charge on any atom is 0.333 e. The van der Waals surface area contributed by atoms with Crippen LogP contribution in [0.5, 0.6) is 0 Å². The molecule has 7 heteroatoms. The molecule has 1 aliphatic heterocycles. The highest BCUT2D eigenvalue weighted by atomic mass is 16.6. The molecule has 2 N–H and O–H groups in total. The largest absolute Gasteiger partial charge is 0.459 e. The normalized spacial score (nSPS) is 46.9. The Morgan fingerprint density at radius 3 is 2.54 bits per heavy atom. The summed E-state index contributed by atoms with van der Waals surface area (Å²) in [6.07, 6.45) is 5.36. The summed E-state index contributed by atoms with van der Waals surface area (Å²) in [6, 6.07) is 0. The van der Waals surface area contributed by atoms with Crippen molar-refractivity contribution in [2.45, 2.75) is 85.2 Å². The van der Waals surface area contributed by atoms with E-state index in [-0.39, 0.29) is 29.5 Å². The van der Waals surface area contributed by atoms with E-state index >= 15 is 0 Å². The number of aliphatic hydroxyl groups is 2. The second-order valence-electron chi connectivity index (χ2n) is 12.9. The molecule has 0 aromatic carbocycles. The molecule has 202 valence electrons. The average molecular weight is 513 g/mol. The fraction of sp³-hybridized carbons (Fsp3) is 0.700. The maximum atomic E-state index is 14.1. The first-order valence-electron chi connectivity index (χ1n) is 13.6. The number of fused-ring (bicyclic) bond motifs is 3. The number of rotatable bonds is 3. The van der Waals surface area contributed by atoms with Gasteiger partial charge in [-0.15, -0.1) is 0 Å². The smallest absolute Gasteiger partial charge is 0.333 e. The van der Waals surface area contributed by atoms with Gasteiger partial charge in [0.2, 0.25) is 0 Å². The second-order valence-corrected chi connectivity index (χ2v) is 12.9. The van der Waals surface area contributed by atoms with Crippen molar-refractivity contribution in [3.8, 4) is 0 Å². The molecule has 7 nitrogen and oxygen atoms in total. The van der Waals surface area contributed by atoms with Crippen molar-refractivity contribution in [2.75, 3.05) is 0 Å². The van der Waals surface area contributed by atoms with Crippen molar-refractivity contribution in [1.82, 2.24) is 0 Å². The van der Waals surface area contributed by atoms with E-state index in [9.17, 15) is 24.6 Å². The number of aliphatic hydroxyl groups excluding tert-OH is 1. The van der Waals surface area contributed by atoms with Crippen LogP contribution in [-0.2, 0) is 23.9 Å². The Kier molecular flexibility index (Phi) is 5.97. The van der Waals surface area contributed by atoms with Crippen LogP contribution in [0.1, 0.15) is 61.3 Å². The standard InChI is InChI=1S/C30H40O7/c1-8-14(2)26(33)37-25-22-24(23(32)16(4)18-9-10-21(31)29(18,25)7)36-27(34)30(22)13-17-12-19(28(5,6)35)20(30)11-15(17)3/h8-11,16-20,22-25,32,35H,12-13H2,1-7H3. The molecule has 2 bridgehead atoms. The van der Waals surface area contributed by atoms with Crippen LogP contribution in [0.3, 0.4) is 0 Å². The minimum absolute atomic E-state index is 0.0418. The van der Waals surface area contributed by atoms with Gasteiger partial charge in [-0.3, -0.25) is 9.59 Å². The van der Waals surface area contributed by atoms with Gasteiger partial charge in [-0.2, -0.15) is 0 Å². The fourth-order valence-electron chi connectivity index (χ4n) is 8.43. The summed E-state index contributed by atoms with van der Waals surface area (Å²) >= 11 is 0. The summed E-state index contributed by atoms with van der Waals surface area (Å²) in [5.41, 5.74) is -1.77. The lowest BCUT2D eigenvalue weighted by Gasteiger charge is -2.57. The van der Waals surface area contributed by atoms with Gasteiger partial charge in [0.25, 0.3) is 0 Å². The van der Waals surface area contributed by atoms with E-state index in [2.05, 4.69) is 13.0 Å². The molecule has 1 saturated heterocycles. The molecule has 37 heavy (non-hydrogen) atoms. The molecular weight excluding hydrogens is 472 g/mol. The van der Waals surface area contributed by atoms with Crippen molar-refractivity contribution < 1.29 is 34.1 Å². The summed E-state index contributed by atoms with van der Waals surface area (Å²) in [5, 5.41) is 22.8. The van der Waals surface area contributed by atoms with Gasteiger partial charge in [0.15, 0.2) is 5.78 Å². The zero-order valence-electron chi connectivity index (χ0n) is 22.9. The molecular formula is C30H40O7. The Morgan fingerprint density at radius 2 is 1.95 bits per heavy atom. The maximum absolute atomic E-state index is 14.1. The highest BCUT2D eigenvalue weighted by Gasteiger charge is 2.75. The average Bonchev–Trinajstić information content (AvgIpc) is 3.27. The lowest BCUT2D eigenvalue weighted by atomic mass is 9.46. The summed E-state index contributed by atoms with van der Waals surface area (Å²) in [5.74, 6) is -3.24. The fourth-order valence-corrected chi connectivity index (χ4v) is 8.43. The number of allylic oxidation sites excluding steroid dienone is 5. The number of carbonyl (C=O) groups excluding carboxylic acids is 3. The van der Waals surface area contributed by atoms with Gasteiger partial charge in [-0.05, 0) is 90.0 Å². The molecule has 11 unspecified atom stereocenters. The molecule has 0 radical (unpaired) electrons. The van der Waals surface area contributed by atoms with Gasteiger partial charge in [0.1, 0.15) is 12.2 Å². The Hall–Kier alpha value is -2.25. The van der Waals surface area contributed by atoms with Gasteiger partial charge < -0.3 is 19.7 Å². The number of hydrogen-bond donors (Lipinski definition) is 2. The van der Waals surface area contributed by atoms with E-state index in [1.54, 1.807) is 40.7 Å². The quantitative estimate of drug-likeness (QED) is 0.338. The molecule has 0 aromatic rings. The number of hydrogen-bond acceptors (Lipinski definition) is 7. The number of ketones is 1. The molecule has 6 aliphatic rings. The minimum Gasteiger partial charge on any atom is -0.459 e. The van der Waals surface area contributed by atoms with Gasteiger partial charge in [-0.25, -0.2) is 4.79 Å². The first kappa shape index (κ1) is 26.4. The van der Waals surface area contributed by atoms with Crippen LogP contribution in [0.2, 0.25) is 0 Å². The Labute approximate surface area is 219 Å². The SMILES string of the molecule is CC=C(C)C(=O)OC1C2C(OC(=O)C23CC2CC(C(C)(C)O)C3C=C2C)C(O)C(C)C2C=CC(=O)C21C. The lowest BCUT2D eigenvalue weighted by molar-refractivity contribution is -0.178. The van der Waals surface area contributed by atoms with Crippen molar-refractivity contribution in [1.29, 1.82) is 0 Å². The number of esters is 2. The van der Waals surface area contributed by atoms with Crippen molar-refractivity contribution >= 4 is 17.7 Å². The lowest BCUT2D eigenvalue weighted by Crippen LogP contribution is -2.61. The Balaban J connectivity index is 1.74. The first-order chi connectivity index (χ1) is 17.2. The molecule has 2 saturated carbocycles. The van der Waals surface area contributed by atoms with Gasteiger partial charge in [0.05, 0.1) is 28.5 Å². The summed E-state index contributed by atoms with van der Waals surface area (Å²) in [4.78, 5) is 40.9. The van der Waals surface area contributed by atoms with Crippen molar-refractivity contribution in [2.24, 2.45) is 46.3 Å². The Morgan fingerprint density at radius 1 is 1.27 bits per heavy atom. The summed E-state index contributed by atoms with van der Waals surface area (Å²) in [6.45, 7) is 12.7. The van der Waals surface area contributed by atoms with E-state index in [4.69, 9.17) is 9.47 Å². The van der Waals surface area contributed by atoms with Crippen LogP contribution in [0.25, 0.3) is 0 Å². The van der Waals surface area contributed by atoms with Gasteiger partial charge >= 0.3 is 11.9 Å². The van der Waals surface area contributed by atoms with E-state index in [0.717, 1.165) is 6.42 Å². The summed E-state index contributed by atoms with van der Waals surface area (Å²) < 4.78 is 12.3. The zero-order valence-corrected chi connectivity index (χ0v) is 22.9. The molecule has 3 fully saturated rings. The number of ether oxygens (including phenoxy) is 2. The van der Waals surface area contributed by atoms with Crippen LogP contribution in [-0.4, -0.2) is 51.8 Å². The zero-order chi connectivity index (χ0) is 27.2. The summed E-state index contributed by atoms with van der Waals surface area (Å²) in [7, 11) is 0. The van der Waals surface area contributed by atoms with Crippen molar-refractivity contribution in [3.05, 3.63) is 35.5 Å². The van der Waals surface area contributed by atoms with Gasteiger partial charge in [0, 0.05) is 5.57 Å². The van der Waals surface area contributed by atoms with E-state index in [1.165, 1.54) is 11.6 Å². The van der Waals surface area contributed by atoms with Gasteiger partial charge in [-0.1, -0.05) is 30.7 Å². The third-order valence-electron chi connectivity index (χ3n) is 10.7. The van der Waals surface area contributed by atoms with E-state index in [0.29, 0.717) is 12.0 Å². The molecule has 0 amide bonds. The molecule has 1 heterocycles. The van der Waals surface area contributed by atoms with Crippen LogP contribution >= 0.6 is 0 Å². The number of carbonyl (C=O) groups is 3. The monoisotopic (exact) mass is 512 g/mol. The molecule has 6 rings (SSSR count). The minimum atomic E-state index is -1.16. The Bertz CT molecular complexity index is 1130. The van der Waals surface area contributed by atoms with Crippen LogP contribution < -0.4 is 0 Å². The van der Waals surface area contributed by atoms with Crippen LogP contribution in [0.4, 0.5) is 0 Å². The van der Waals surface area contributed by atoms with E-state index in [1.807, 2.05) is 13.0 Å². The predicted octanol–water partition coefficient (Wildman–Crippen LogP) is 3.54. The molecule has 5 aliphatic carbocycles. The third-order valence-corrected chi connectivity index (χ3v) is 10.7. The predicted molar refractivity (Wildman–Crippen MR) is 136 cm³/mol. The highest BCUT2D eigenvalue weighted by Crippen LogP contribution is 2.67. The topological polar surface area (TPSA) is 110 Å². The van der Waals surface area contributed by atoms with Crippen LogP contribution in [0, 0.1) is 46.3 Å². The molecule has 0 aromatic heterocycles. The highest BCUT2D eigenvalue weighted by molar-refractivity contribution is 5.99. The molecule has 1 spiro atoms. The van der Waals surface area contributed by atoms with E-state index < -0.39 is 58.5 Å². The van der Waals surface area contributed by atoms with Crippen LogP contribution in [0.15, 0.2) is 35.5 Å². The third kappa shape index (κ3) is 3.42. The second kappa shape index (κ2) is 8.37. The molecule has 11 atom stereocenters.